The second-order valence-corrected chi connectivity index (χ2v) is 4.80. The van der Waals surface area contributed by atoms with Crippen LogP contribution < -0.4 is 5.32 Å². The van der Waals surface area contributed by atoms with Crippen molar-refractivity contribution < 1.29 is 14.7 Å². The largest absolute Gasteiger partial charge is 0.478 e. The molecule has 0 radical (unpaired) electrons. The van der Waals surface area contributed by atoms with E-state index in [9.17, 15) is 9.59 Å². The number of carbonyl (C=O) groups excluding carboxylic acids is 1. The smallest absolute Gasteiger partial charge is 0.337 e. The molecular weight excluding hydrogens is 232 g/mol. The van der Waals surface area contributed by atoms with Crippen LogP contribution in [0.5, 0.6) is 0 Å². The SMILES string of the molecule is Cc1c(C(=O)O)ccn1CC(=O)NC1CCCC1. The molecule has 5 heteroatoms. The Balaban J connectivity index is 1.96. The number of carboxylic acid groups (broad SMARTS) is 1. The van der Waals surface area contributed by atoms with Gasteiger partial charge in [-0.1, -0.05) is 12.8 Å². The van der Waals surface area contributed by atoms with Gasteiger partial charge in [-0.2, -0.15) is 0 Å². The Kier molecular flexibility index (Phi) is 3.69. The summed E-state index contributed by atoms with van der Waals surface area (Å²) in [5, 5.41) is 11.9. The van der Waals surface area contributed by atoms with Crippen molar-refractivity contribution in [1.29, 1.82) is 0 Å². The van der Waals surface area contributed by atoms with Crippen molar-refractivity contribution in [3.8, 4) is 0 Å². The van der Waals surface area contributed by atoms with E-state index in [1.807, 2.05) is 0 Å². The molecule has 0 bridgehead atoms. The van der Waals surface area contributed by atoms with Gasteiger partial charge in [-0.15, -0.1) is 0 Å². The number of carbonyl (C=O) groups is 2. The summed E-state index contributed by atoms with van der Waals surface area (Å²) in [7, 11) is 0. The molecule has 0 atom stereocenters. The van der Waals surface area contributed by atoms with Crippen LogP contribution in [0.3, 0.4) is 0 Å². The number of aromatic carboxylic acids is 1. The maximum Gasteiger partial charge on any atom is 0.337 e. The molecule has 1 amide bonds. The van der Waals surface area contributed by atoms with Gasteiger partial charge >= 0.3 is 5.97 Å². The quantitative estimate of drug-likeness (QED) is 0.851. The standard InChI is InChI=1S/C13H18N2O3/c1-9-11(13(17)18)6-7-15(9)8-12(16)14-10-4-2-3-5-10/h6-7,10H,2-5,8H2,1H3,(H,14,16)(H,17,18). The minimum atomic E-state index is -0.956. The van der Waals surface area contributed by atoms with Crippen LogP contribution in [0.25, 0.3) is 0 Å². The minimum Gasteiger partial charge on any atom is -0.478 e. The molecule has 1 aromatic heterocycles. The number of carboxylic acids is 1. The summed E-state index contributed by atoms with van der Waals surface area (Å²) in [6.45, 7) is 1.90. The molecule has 98 valence electrons. The summed E-state index contributed by atoms with van der Waals surface area (Å²) in [6.07, 6.45) is 6.11. The average molecular weight is 250 g/mol. The highest BCUT2D eigenvalue weighted by molar-refractivity contribution is 5.89. The van der Waals surface area contributed by atoms with Crippen molar-refractivity contribution in [3.05, 3.63) is 23.5 Å². The Morgan fingerprint density at radius 2 is 2.11 bits per heavy atom. The van der Waals surface area contributed by atoms with Gasteiger partial charge in [-0.25, -0.2) is 4.79 Å². The van der Waals surface area contributed by atoms with Crippen LogP contribution >= 0.6 is 0 Å². The molecule has 1 aliphatic rings. The molecule has 0 saturated heterocycles. The lowest BCUT2D eigenvalue weighted by atomic mass is 10.2. The van der Waals surface area contributed by atoms with Gasteiger partial charge in [0.2, 0.25) is 5.91 Å². The van der Waals surface area contributed by atoms with E-state index in [0.29, 0.717) is 11.7 Å². The van der Waals surface area contributed by atoms with Crippen molar-refractivity contribution in [2.45, 2.75) is 45.2 Å². The number of hydrogen-bond donors (Lipinski definition) is 2. The highest BCUT2D eigenvalue weighted by Gasteiger charge is 2.18. The molecule has 1 fully saturated rings. The van der Waals surface area contributed by atoms with Crippen molar-refractivity contribution in [2.24, 2.45) is 0 Å². The second-order valence-electron chi connectivity index (χ2n) is 4.80. The first-order chi connectivity index (χ1) is 8.58. The third-order valence-corrected chi connectivity index (χ3v) is 3.51. The van der Waals surface area contributed by atoms with Gasteiger partial charge in [0, 0.05) is 17.9 Å². The fraction of sp³-hybridized carbons (Fsp3) is 0.538. The lowest BCUT2D eigenvalue weighted by molar-refractivity contribution is -0.122. The monoisotopic (exact) mass is 250 g/mol. The fourth-order valence-corrected chi connectivity index (χ4v) is 2.45. The molecule has 0 spiro atoms. The number of rotatable bonds is 4. The maximum atomic E-state index is 11.8. The summed E-state index contributed by atoms with van der Waals surface area (Å²) < 4.78 is 1.67. The zero-order chi connectivity index (χ0) is 13.1. The zero-order valence-electron chi connectivity index (χ0n) is 10.5. The molecule has 0 aromatic carbocycles. The molecule has 1 saturated carbocycles. The van der Waals surface area contributed by atoms with Crippen molar-refractivity contribution in [2.75, 3.05) is 0 Å². The Morgan fingerprint density at radius 1 is 1.44 bits per heavy atom. The molecule has 0 unspecified atom stereocenters. The minimum absolute atomic E-state index is 0.0439. The number of aromatic nitrogens is 1. The summed E-state index contributed by atoms with van der Waals surface area (Å²) in [6, 6.07) is 1.83. The molecule has 5 nitrogen and oxygen atoms in total. The van der Waals surface area contributed by atoms with Crippen LogP contribution in [0.4, 0.5) is 0 Å². The van der Waals surface area contributed by atoms with Crippen molar-refractivity contribution >= 4 is 11.9 Å². The number of hydrogen-bond acceptors (Lipinski definition) is 2. The van der Waals surface area contributed by atoms with Gasteiger partial charge in [0.1, 0.15) is 6.54 Å². The van der Waals surface area contributed by atoms with Crippen molar-refractivity contribution in [3.63, 3.8) is 0 Å². The Bertz CT molecular complexity index is 459. The van der Waals surface area contributed by atoms with Crippen LogP contribution in [0.15, 0.2) is 12.3 Å². The summed E-state index contributed by atoms with van der Waals surface area (Å²) >= 11 is 0. The lowest BCUT2D eigenvalue weighted by Gasteiger charge is -2.13. The van der Waals surface area contributed by atoms with E-state index in [1.165, 1.54) is 18.9 Å². The van der Waals surface area contributed by atoms with Gasteiger partial charge in [0.05, 0.1) is 5.56 Å². The van der Waals surface area contributed by atoms with Crippen molar-refractivity contribution in [1.82, 2.24) is 9.88 Å². The van der Waals surface area contributed by atoms with E-state index in [2.05, 4.69) is 5.32 Å². The average Bonchev–Trinajstić information content (AvgIpc) is 2.90. The predicted molar refractivity (Wildman–Crippen MR) is 66.5 cm³/mol. The molecule has 2 rings (SSSR count). The number of nitrogens with one attached hydrogen (secondary N) is 1. The summed E-state index contributed by atoms with van der Waals surface area (Å²) in [5.41, 5.74) is 0.868. The lowest BCUT2D eigenvalue weighted by Crippen LogP contribution is -2.35. The van der Waals surface area contributed by atoms with Crippen LogP contribution in [-0.2, 0) is 11.3 Å². The molecule has 2 N–H and O–H groups in total. The van der Waals surface area contributed by atoms with Gasteiger partial charge in [-0.05, 0) is 25.8 Å². The maximum absolute atomic E-state index is 11.8. The first-order valence-electron chi connectivity index (χ1n) is 6.26. The first kappa shape index (κ1) is 12.7. The van der Waals surface area contributed by atoms with Crippen LogP contribution in [0.2, 0.25) is 0 Å². The predicted octanol–water partition coefficient (Wildman–Crippen LogP) is 1.55. The molecule has 0 aliphatic heterocycles. The first-order valence-corrected chi connectivity index (χ1v) is 6.26. The highest BCUT2D eigenvalue weighted by Crippen LogP contribution is 2.17. The normalized spacial score (nSPS) is 15.8. The van der Waals surface area contributed by atoms with Gasteiger partial charge in [0.15, 0.2) is 0 Å². The van der Waals surface area contributed by atoms with E-state index in [-0.39, 0.29) is 18.0 Å². The number of amides is 1. The second kappa shape index (κ2) is 5.25. The van der Waals surface area contributed by atoms with E-state index in [1.54, 1.807) is 17.7 Å². The molecule has 1 aromatic rings. The van der Waals surface area contributed by atoms with Crippen LogP contribution in [0, 0.1) is 6.92 Å². The van der Waals surface area contributed by atoms with Gasteiger partial charge in [0.25, 0.3) is 0 Å². The Morgan fingerprint density at radius 3 is 2.67 bits per heavy atom. The van der Waals surface area contributed by atoms with E-state index in [4.69, 9.17) is 5.11 Å². The summed E-state index contributed by atoms with van der Waals surface area (Å²) in [4.78, 5) is 22.7. The number of nitrogens with zero attached hydrogens (tertiary/aromatic N) is 1. The Labute approximate surface area is 106 Å². The Hall–Kier alpha value is -1.78. The molecule has 1 heterocycles. The zero-order valence-corrected chi connectivity index (χ0v) is 10.5. The fourth-order valence-electron chi connectivity index (χ4n) is 2.45. The van der Waals surface area contributed by atoms with Crippen LogP contribution in [-0.4, -0.2) is 27.6 Å². The molecular formula is C13H18N2O3. The van der Waals surface area contributed by atoms with E-state index < -0.39 is 5.97 Å². The summed E-state index contributed by atoms with van der Waals surface area (Å²) in [5.74, 6) is -1.00. The molecule has 1 aliphatic carbocycles. The third-order valence-electron chi connectivity index (χ3n) is 3.51. The van der Waals surface area contributed by atoms with Gasteiger partial charge < -0.3 is 15.0 Å². The van der Waals surface area contributed by atoms with Crippen LogP contribution in [0.1, 0.15) is 41.7 Å². The highest BCUT2D eigenvalue weighted by atomic mass is 16.4. The van der Waals surface area contributed by atoms with Gasteiger partial charge in [-0.3, -0.25) is 4.79 Å². The topological polar surface area (TPSA) is 71.3 Å². The third kappa shape index (κ3) is 2.72. The van der Waals surface area contributed by atoms with E-state index in [0.717, 1.165) is 12.8 Å². The molecule has 18 heavy (non-hydrogen) atoms. The van der Waals surface area contributed by atoms with E-state index >= 15 is 0 Å².